The number of nitrogens with one attached hydrogen (secondary N) is 1. The summed E-state index contributed by atoms with van der Waals surface area (Å²) in [7, 11) is 3.39. The zero-order chi connectivity index (χ0) is 14.5. The number of anilines is 1. The molecule has 0 amide bonds. The van der Waals surface area contributed by atoms with Crippen LogP contribution in [-0.4, -0.2) is 39.9 Å². The van der Waals surface area contributed by atoms with Gasteiger partial charge in [0, 0.05) is 31.7 Å². The summed E-state index contributed by atoms with van der Waals surface area (Å²) in [4.78, 5) is 2.41. The molecule has 0 spiro atoms. The molecule has 20 heavy (non-hydrogen) atoms. The van der Waals surface area contributed by atoms with E-state index in [0.717, 1.165) is 36.8 Å². The molecule has 4 heteroatoms. The minimum Gasteiger partial charge on any atom is -0.497 e. The van der Waals surface area contributed by atoms with Crippen LogP contribution in [-0.2, 0) is 0 Å². The molecule has 2 unspecified atom stereocenters. The second-order valence-electron chi connectivity index (χ2n) is 5.43. The third kappa shape index (κ3) is 3.18. The Kier molecular flexibility index (Phi) is 5.12. The van der Waals surface area contributed by atoms with Crippen molar-refractivity contribution in [2.24, 2.45) is 5.92 Å². The highest BCUT2D eigenvalue weighted by Gasteiger charge is 2.25. The number of methoxy groups -OCH3 is 2. The van der Waals surface area contributed by atoms with E-state index >= 15 is 0 Å². The number of rotatable bonds is 5. The van der Waals surface area contributed by atoms with Gasteiger partial charge in [0.1, 0.15) is 11.5 Å². The van der Waals surface area contributed by atoms with Crippen LogP contribution in [0.4, 0.5) is 5.69 Å². The molecule has 0 radical (unpaired) electrons. The topological polar surface area (TPSA) is 33.7 Å². The lowest BCUT2D eigenvalue weighted by Gasteiger charge is -2.38. The number of hydrogen-bond donors (Lipinski definition) is 1. The quantitative estimate of drug-likeness (QED) is 0.897. The van der Waals surface area contributed by atoms with Crippen LogP contribution in [0.5, 0.6) is 11.5 Å². The van der Waals surface area contributed by atoms with Crippen LogP contribution in [0.25, 0.3) is 0 Å². The number of nitrogens with zero attached hydrogens (tertiary/aromatic N) is 1. The van der Waals surface area contributed by atoms with Crippen LogP contribution in [0.3, 0.4) is 0 Å². The maximum atomic E-state index is 5.52. The van der Waals surface area contributed by atoms with Gasteiger partial charge in [0.2, 0.25) is 0 Å². The molecule has 1 aliphatic rings. The van der Waals surface area contributed by atoms with E-state index in [-0.39, 0.29) is 0 Å². The highest BCUT2D eigenvalue weighted by atomic mass is 16.5. The Morgan fingerprint density at radius 1 is 1.35 bits per heavy atom. The maximum absolute atomic E-state index is 5.52. The highest BCUT2D eigenvalue weighted by Crippen LogP contribution is 2.33. The first-order chi connectivity index (χ1) is 9.69. The van der Waals surface area contributed by atoms with Gasteiger partial charge in [0.05, 0.1) is 19.9 Å². The summed E-state index contributed by atoms with van der Waals surface area (Å²) in [6.07, 6.45) is 1.20. The van der Waals surface area contributed by atoms with E-state index in [4.69, 9.17) is 9.47 Å². The number of benzene rings is 1. The Balaban J connectivity index is 2.18. The van der Waals surface area contributed by atoms with E-state index in [9.17, 15) is 0 Å². The molecular weight excluding hydrogens is 252 g/mol. The third-order valence-electron chi connectivity index (χ3n) is 4.26. The molecular formula is C16H26N2O2. The van der Waals surface area contributed by atoms with Crippen LogP contribution in [0, 0.1) is 5.92 Å². The monoisotopic (exact) mass is 278 g/mol. The normalized spacial score (nSPS) is 20.6. The van der Waals surface area contributed by atoms with Crippen molar-refractivity contribution in [2.75, 3.05) is 38.8 Å². The molecule has 112 valence electrons. The molecule has 0 aromatic heterocycles. The first-order valence-corrected chi connectivity index (χ1v) is 7.40. The first-order valence-electron chi connectivity index (χ1n) is 7.40. The summed E-state index contributed by atoms with van der Waals surface area (Å²) in [6.45, 7) is 7.61. The Bertz CT molecular complexity index is 436. The average molecular weight is 278 g/mol. The van der Waals surface area contributed by atoms with Gasteiger partial charge in [-0.2, -0.15) is 0 Å². The molecule has 1 aromatic carbocycles. The fraction of sp³-hybridized carbons (Fsp3) is 0.625. The minimum atomic E-state index is 0.542. The predicted molar refractivity (Wildman–Crippen MR) is 83.0 cm³/mol. The van der Waals surface area contributed by atoms with E-state index in [1.165, 1.54) is 6.42 Å². The zero-order valence-corrected chi connectivity index (χ0v) is 13.0. The molecule has 4 nitrogen and oxygen atoms in total. The summed E-state index contributed by atoms with van der Waals surface area (Å²) >= 11 is 0. The van der Waals surface area contributed by atoms with Crippen molar-refractivity contribution in [3.63, 3.8) is 0 Å². The zero-order valence-electron chi connectivity index (χ0n) is 13.0. The van der Waals surface area contributed by atoms with Gasteiger partial charge in [0.15, 0.2) is 0 Å². The molecule has 1 aliphatic heterocycles. The van der Waals surface area contributed by atoms with E-state index in [1.807, 2.05) is 12.1 Å². The smallest absolute Gasteiger partial charge is 0.145 e. The molecule has 2 atom stereocenters. The van der Waals surface area contributed by atoms with Crippen molar-refractivity contribution >= 4 is 5.69 Å². The molecule has 1 N–H and O–H groups in total. The minimum absolute atomic E-state index is 0.542. The molecule has 0 aliphatic carbocycles. The molecule has 1 fully saturated rings. The fourth-order valence-corrected chi connectivity index (χ4v) is 2.71. The van der Waals surface area contributed by atoms with Gasteiger partial charge in [-0.3, -0.25) is 0 Å². The largest absolute Gasteiger partial charge is 0.497 e. The van der Waals surface area contributed by atoms with Crippen molar-refractivity contribution in [1.29, 1.82) is 0 Å². The predicted octanol–water partition coefficient (Wildman–Crippen LogP) is 2.53. The average Bonchev–Trinajstić information content (AvgIpc) is 2.53. The fourth-order valence-electron chi connectivity index (χ4n) is 2.71. The van der Waals surface area contributed by atoms with E-state index < -0.39 is 0 Å². The molecule has 0 saturated carbocycles. The standard InChI is InChI=1S/C16H26N2O2/c1-5-12(2)14-11-18(9-8-17-14)15-7-6-13(19-3)10-16(15)20-4/h6-7,10,12,14,17H,5,8-9,11H2,1-4H3. The van der Waals surface area contributed by atoms with Gasteiger partial charge >= 0.3 is 0 Å². The molecule has 2 rings (SSSR count). The summed E-state index contributed by atoms with van der Waals surface area (Å²) in [5.41, 5.74) is 1.16. The highest BCUT2D eigenvalue weighted by molar-refractivity contribution is 5.61. The molecule has 1 heterocycles. The Hall–Kier alpha value is -1.42. The van der Waals surface area contributed by atoms with Crippen molar-refractivity contribution in [3.05, 3.63) is 18.2 Å². The molecule has 1 aromatic rings. The van der Waals surface area contributed by atoms with Gasteiger partial charge in [0.25, 0.3) is 0 Å². The second kappa shape index (κ2) is 6.84. The van der Waals surface area contributed by atoms with Gasteiger partial charge in [-0.15, -0.1) is 0 Å². The number of hydrogen-bond acceptors (Lipinski definition) is 4. The van der Waals surface area contributed by atoms with Crippen LogP contribution >= 0.6 is 0 Å². The van der Waals surface area contributed by atoms with Crippen LogP contribution in [0.2, 0.25) is 0 Å². The first kappa shape index (κ1) is 15.0. The molecule has 1 saturated heterocycles. The van der Waals surface area contributed by atoms with Crippen molar-refractivity contribution in [1.82, 2.24) is 5.32 Å². The Morgan fingerprint density at radius 3 is 2.80 bits per heavy atom. The number of ether oxygens (including phenoxy) is 2. The van der Waals surface area contributed by atoms with Gasteiger partial charge in [-0.1, -0.05) is 20.3 Å². The van der Waals surface area contributed by atoms with Crippen molar-refractivity contribution in [3.8, 4) is 11.5 Å². The van der Waals surface area contributed by atoms with Gasteiger partial charge in [-0.05, 0) is 18.1 Å². The van der Waals surface area contributed by atoms with Gasteiger partial charge < -0.3 is 19.7 Å². The lowest BCUT2D eigenvalue weighted by Crippen LogP contribution is -2.53. The summed E-state index contributed by atoms with van der Waals surface area (Å²) in [5, 5.41) is 3.62. The SMILES string of the molecule is CCC(C)C1CN(c2ccc(OC)cc2OC)CCN1. The lowest BCUT2D eigenvalue weighted by molar-refractivity contribution is 0.338. The Labute approximate surface area is 122 Å². The maximum Gasteiger partial charge on any atom is 0.145 e. The number of piperazine rings is 1. The van der Waals surface area contributed by atoms with E-state index in [0.29, 0.717) is 12.0 Å². The lowest BCUT2D eigenvalue weighted by atomic mass is 9.97. The van der Waals surface area contributed by atoms with Crippen LogP contribution in [0.15, 0.2) is 18.2 Å². The van der Waals surface area contributed by atoms with Crippen molar-refractivity contribution < 1.29 is 9.47 Å². The summed E-state index contributed by atoms with van der Waals surface area (Å²) in [6, 6.07) is 6.59. The second-order valence-corrected chi connectivity index (χ2v) is 5.43. The Morgan fingerprint density at radius 2 is 2.15 bits per heavy atom. The third-order valence-corrected chi connectivity index (χ3v) is 4.26. The summed E-state index contributed by atoms with van der Waals surface area (Å²) in [5.74, 6) is 2.40. The van der Waals surface area contributed by atoms with Gasteiger partial charge in [-0.25, -0.2) is 0 Å². The van der Waals surface area contributed by atoms with Crippen LogP contribution in [0.1, 0.15) is 20.3 Å². The van der Waals surface area contributed by atoms with E-state index in [1.54, 1.807) is 14.2 Å². The molecule has 0 bridgehead atoms. The van der Waals surface area contributed by atoms with Crippen LogP contribution < -0.4 is 19.7 Å². The van der Waals surface area contributed by atoms with Crippen molar-refractivity contribution in [2.45, 2.75) is 26.3 Å². The van der Waals surface area contributed by atoms with E-state index in [2.05, 4.69) is 30.1 Å². The summed E-state index contributed by atoms with van der Waals surface area (Å²) < 4.78 is 10.8.